The molecule has 0 spiro atoms. The lowest BCUT2D eigenvalue weighted by Gasteiger charge is -2.11. The van der Waals surface area contributed by atoms with E-state index in [1.54, 1.807) is 0 Å². The summed E-state index contributed by atoms with van der Waals surface area (Å²) in [4.78, 5) is 0. The van der Waals surface area contributed by atoms with E-state index in [2.05, 4.69) is 164 Å². The molecule has 0 amide bonds. The topological polar surface area (TPSA) is 27.7 Å². The minimum Gasteiger partial charge on any atom is -0.496 e. The number of rotatable bonds is 3. The SMILES string of the molecule is COc1ccc2c3c(ccc4ccccc43)cc3c2c1c1c3c2c3c(OC)ccc4c5c(ccc6ccccc65)cc(c43)c2c2c3c(OC)ccc4c5c(ccc6ccccc65)cc(c43)c12. The van der Waals surface area contributed by atoms with E-state index < -0.39 is 0 Å². The second-order valence-electron chi connectivity index (χ2n) is 18.4. The van der Waals surface area contributed by atoms with Gasteiger partial charge in [0.1, 0.15) is 17.2 Å². The average molecular weight is 841 g/mol. The van der Waals surface area contributed by atoms with Gasteiger partial charge in [0.25, 0.3) is 0 Å². The van der Waals surface area contributed by atoms with Gasteiger partial charge in [0.2, 0.25) is 0 Å². The fourth-order valence-corrected chi connectivity index (χ4v) is 13.2. The first-order chi connectivity index (χ1) is 32.6. The van der Waals surface area contributed by atoms with Crippen molar-refractivity contribution in [3.05, 3.63) is 164 Å². The molecule has 0 aromatic heterocycles. The minimum atomic E-state index is 0.869. The molecule has 3 nitrogen and oxygen atoms in total. The first-order valence-electron chi connectivity index (χ1n) is 22.8. The van der Waals surface area contributed by atoms with Crippen LogP contribution in [0.4, 0.5) is 0 Å². The molecule has 0 aliphatic rings. The first kappa shape index (κ1) is 35.0. The number of hydrogen-bond donors (Lipinski definition) is 0. The van der Waals surface area contributed by atoms with Gasteiger partial charge in [-0.25, -0.2) is 0 Å². The van der Waals surface area contributed by atoms with Crippen molar-refractivity contribution in [2.24, 2.45) is 0 Å². The summed E-state index contributed by atoms with van der Waals surface area (Å²) in [6, 6.07) is 61.1. The second kappa shape index (κ2) is 12.0. The smallest absolute Gasteiger partial charge is 0.127 e. The molecule has 16 aromatic carbocycles. The Morgan fingerprint density at radius 3 is 0.788 bits per heavy atom. The van der Waals surface area contributed by atoms with Crippen molar-refractivity contribution in [2.75, 3.05) is 21.3 Å². The number of methoxy groups -OCH3 is 3. The van der Waals surface area contributed by atoms with E-state index in [0.29, 0.717) is 0 Å². The van der Waals surface area contributed by atoms with E-state index in [1.807, 2.05) is 21.3 Å². The van der Waals surface area contributed by atoms with E-state index in [4.69, 9.17) is 14.2 Å². The lowest BCUT2D eigenvalue weighted by atomic mass is 9.94. The van der Waals surface area contributed by atoms with Crippen molar-refractivity contribution >= 4 is 162 Å². The van der Waals surface area contributed by atoms with Crippen molar-refractivity contribution in [1.82, 2.24) is 0 Å². The van der Waals surface area contributed by atoms with Gasteiger partial charge in [-0.05, 0) is 168 Å². The Bertz CT molecular complexity index is 4350. The van der Waals surface area contributed by atoms with Gasteiger partial charge in [-0.1, -0.05) is 109 Å². The lowest BCUT2D eigenvalue weighted by Crippen LogP contribution is -1.86. The summed E-state index contributed by atoms with van der Waals surface area (Å²) in [5.41, 5.74) is 0. The van der Waals surface area contributed by atoms with Gasteiger partial charge in [0.05, 0.1) is 21.3 Å². The molecule has 0 fully saturated rings. The second-order valence-corrected chi connectivity index (χ2v) is 18.4. The molecule has 0 aliphatic carbocycles. The third kappa shape index (κ3) is 3.96. The third-order valence-electron chi connectivity index (χ3n) is 15.6. The number of ether oxygens (including phenoxy) is 3. The number of hydrogen-bond acceptors (Lipinski definition) is 3. The highest BCUT2D eigenvalue weighted by atomic mass is 16.5. The molecule has 3 heteroatoms. The van der Waals surface area contributed by atoms with Gasteiger partial charge in [-0.2, -0.15) is 0 Å². The third-order valence-corrected chi connectivity index (χ3v) is 15.6. The molecule has 0 saturated carbocycles. The molecule has 0 saturated heterocycles. The highest BCUT2D eigenvalue weighted by Gasteiger charge is 2.32. The van der Waals surface area contributed by atoms with Crippen molar-refractivity contribution in [1.29, 1.82) is 0 Å². The van der Waals surface area contributed by atoms with Crippen LogP contribution in [-0.4, -0.2) is 21.3 Å². The Balaban J connectivity index is 1.30. The van der Waals surface area contributed by atoms with Gasteiger partial charge in [-0.3, -0.25) is 0 Å². The predicted octanol–water partition coefficient (Wildman–Crippen LogP) is 17.3. The van der Waals surface area contributed by atoms with Crippen LogP contribution in [0.2, 0.25) is 0 Å². The summed E-state index contributed by atoms with van der Waals surface area (Å²) < 4.78 is 19.6. The molecule has 0 aliphatic heterocycles. The van der Waals surface area contributed by atoms with Crippen LogP contribution in [0.3, 0.4) is 0 Å². The molecule has 0 bridgehead atoms. The molecule has 66 heavy (non-hydrogen) atoms. The molecule has 0 heterocycles. The fourth-order valence-electron chi connectivity index (χ4n) is 13.2. The van der Waals surface area contributed by atoms with Crippen LogP contribution in [0.5, 0.6) is 17.2 Å². The summed E-state index contributed by atoms with van der Waals surface area (Å²) in [5.74, 6) is 2.61. The fraction of sp³-hybridized carbons (Fsp3) is 0.0476. The van der Waals surface area contributed by atoms with E-state index in [-0.39, 0.29) is 0 Å². The first-order valence-corrected chi connectivity index (χ1v) is 22.8. The Morgan fingerprint density at radius 1 is 0.197 bits per heavy atom. The molecule has 0 unspecified atom stereocenters. The van der Waals surface area contributed by atoms with Crippen LogP contribution >= 0.6 is 0 Å². The minimum absolute atomic E-state index is 0.869. The Kier molecular flexibility index (Phi) is 6.38. The zero-order valence-corrected chi connectivity index (χ0v) is 36.3. The maximum atomic E-state index is 6.54. The normalized spacial score (nSPS) is 12.8. The van der Waals surface area contributed by atoms with Crippen molar-refractivity contribution in [3.8, 4) is 17.2 Å². The molecular weight excluding hydrogens is 805 g/mol. The average Bonchev–Trinajstić information content (AvgIpc) is 4.01. The van der Waals surface area contributed by atoms with Crippen molar-refractivity contribution in [3.63, 3.8) is 0 Å². The van der Waals surface area contributed by atoms with Gasteiger partial charge in [-0.15, -0.1) is 0 Å². The highest BCUT2D eigenvalue weighted by Crippen LogP contribution is 2.61. The summed E-state index contributed by atoms with van der Waals surface area (Å²) in [6.45, 7) is 0. The Hall–Kier alpha value is -8.40. The lowest BCUT2D eigenvalue weighted by molar-refractivity contribution is 0.420. The number of benzene rings is 13. The van der Waals surface area contributed by atoms with Gasteiger partial charge in [0.15, 0.2) is 0 Å². The summed E-state index contributed by atoms with van der Waals surface area (Å²) in [7, 11) is 5.48. The standard InChI is InChI=1S/C63H36O3/c1-64-46-25-22-40-49-34(19-16-31-10-4-7-13-37(31)49)28-43-52(40)58(46)61-55(43)62-57(45-30-36-21-18-33-12-6-9-15-39(33)51(36)42-24-27-48(66-3)60(62)54(42)45)63-56(61)44-29-35-20-17-32-11-5-8-14-38(32)50(35)41-23-26-47(65-2)59(63)53(41)44/h4-30H,1-3H3. The monoisotopic (exact) mass is 840 g/mol. The highest BCUT2D eigenvalue weighted by molar-refractivity contribution is 6.58. The van der Waals surface area contributed by atoms with Crippen LogP contribution in [0, 0.1) is 0 Å². The zero-order valence-electron chi connectivity index (χ0n) is 36.3. The quantitative estimate of drug-likeness (QED) is 0.166. The predicted molar refractivity (Wildman–Crippen MR) is 282 cm³/mol. The zero-order chi connectivity index (χ0) is 43.3. The van der Waals surface area contributed by atoms with Crippen molar-refractivity contribution in [2.45, 2.75) is 0 Å². The van der Waals surface area contributed by atoms with Gasteiger partial charge < -0.3 is 14.2 Å². The largest absolute Gasteiger partial charge is 0.496 e. The van der Waals surface area contributed by atoms with Gasteiger partial charge >= 0.3 is 0 Å². The maximum absolute atomic E-state index is 6.54. The van der Waals surface area contributed by atoms with Crippen LogP contribution < -0.4 is 14.2 Å². The molecule has 0 radical (unpaired) electrons. The van der Waals surface area contributed by atoms with Crippen LogP contribution in [0.15, 0.2) is 164 Å². The van der Waals surface area contributed by atoms with E-state index >= 15 is 0 Å². The summed E-state index contributed by atoms with van der Waals surface area (Å²) in [5, 5.41) is 36.7. The molecule has 16 aromatic rings. The molecule has 306 valence electrons. The van der Waals surface area contributed by atoms with Crippen molar-refractivity contribution < 1.29 is 14.2 Å². The summed E-state index contributed by atoms with van der Waals surface area (Å²) >= 11 is 0. The van der Waals surface area contributed by atoms with Crippen LogP contribution in [0.1, 0.15) is 0 Å². The molecule has 0 atom stereocenters. The van der Waals surface area contributed by atoms with Gasteiger partial charge in [0, 0.05) is 48.5 Å². The molecule has 0 N–H and O–H groups in total. The van der Waals surface area contributed by atoms with E-state index in [0.717, 1.165) is 33.4 Å². The maximum Gasteiger partial charge on any atom is 0.127 e. The molecule has 16 rings (SSSR count). The number of fused-ring (bicyclic) bond motifs is 24. The van der Waals surface area contributed by atoms with E-state index in [9.17, 15) is 0 Å². The summed E-state index contributed by atoms with van der Waals surface area (Å²) in [6.07, 6.45) is 0. The Labute approximate surface area is 376 Å². The molecular formula is C63H36O3. The van der Waals surface area contributed by atoms with Crippen LogP contribution in [-0.2, 0) is 0 Å². The Morgan fingerprint density at radius 2 is 0.485 bits per heavy atom. The van der Waals surface area contributed by atoms with Crippen LogP contribution in [0.25, 0.3) is 162 Å². The van der Waals surface area contributed by atoms with E-state index in [1.165, 1.54) is 145 Å².